The molecule has 0 rings (SSSR count). The molecule has 0 unspecified atom stereocenters. The van der Waals surface area contributed by atoms with E-state index in [1.807, 2.05) is 0 Å². The number of carbonyl (C=O) groups excluding carboxylic acids is 2. The second-order valence-electron chi connectivity index (χ2n) is 17.3. The van der Waals surface area contributed by atoms with Crippen LogP contribution in [0.5, 0.6) is 0 Å². The van der Waals surface area contributed by atoms with E-state index in [-0.39, 0.29) is 18.0 Å². The minimum absolute atomic E-state index is 0.0118. The van der Waals surface area contributed by atoms with Gasteiger partial charge in [-0.1, -0.05) is 162 Å². The highest BCUT2D eigenvalue weighted by Crippen LogP contribution is 2.19. The van der Waals surface area contributed by atoms with Crippen LogP contribution >= 0.6 is 0 Å². The maximum Gasteiger partial charge on any atom is 0.306 e. The van der Waals surface area contributed by atoms with Crippen molar-refractivity contribution in [2.75, 3.05) is 46.9 Å². The Kier molecular flexibility index (Phi) is 42.5. The molecule has 0 saturated heterocycles. The highest BCUT2D eigenvalue weighted by atomic mass is 16.5. The van der Waals surface area contributed by atoms with Crippen molar-refractivity contribution >= 4 is 11.9 Å². The molecular formula is C50H99N3O4. The summed E-state index contributed by atoms with van der Waals surface area (Å²) in [4.78, 5) is 29.8. The second-order valence-corrected chi connectivity index (χ2v) is 17.3. The zero-order valence-electron chi connectivity index (χ0n) is 39.3. The fraction of sp³-hybridized carbons (Fsp3) is 0.920. The molecule has 0 aromatic heterocycles. The summed E-state index contributed by atoms with van der Waals surface area (Å²) in [6, 6.07) is 0. The van der Waals surface area contributed by atoms with Gasteiger partial charge in [-0.25, -0.2) is 0 Å². The third kappa shape index (κ3) is 39.5. The first-order chi connectivity index (χ1) is 27.9. The van der Waals surface area contributed by atoms with Crippen molar-refractivity contribution in [2.45, 2.75) is 252 Å². The van der Waals surface area contributed by atoms with Crippen LogP contribution in [0.1, 0.15) is 246 Å². The predicted molar refractivity (Wildman–Crippen MR) is 247 cm³/mol. The van der Waals surface area contributed by atoms with E-state index in [0.29, 0.717) is 19.4 Å². The van der Waals surface area contributed by atoms with Gasteiger partial charge in [0.05, 0.1) is 12.4 Å². The number of hydrogen-bond acceptors (Lipinski definition) is 7. The van der Waals surface area contributed by atoms with Gasteiger partial charge in [0.1, 0.15) is 6.10 Å². The number of nitrogens with zero attached hydrogens (tertiary/aromatic N) is 2. The average molecular weight is 806 g/mol. The smallest absolute Gasteiger partial charge is 0.306 e. The molecular weight excluding hydrogens is 707 g/mol. The fourth-order valence-corrected chi connectivity index (χ4v) is 7.77. The van der Waals surface area contributed by atoms with E-state index in [1.54, 1.807) is 0 Å². The number of carbonyl (C=O) groups is 2. The Labute approximate surface area is 356 Å². The molecule has 0 heterocycles. The summed E-state index contributed by atoms with van der Waals surface area (Å²) in [5.74, 6) is 1.20. The van der Waals surface area contributed by atoms with Crippen LogP contribution in [0.25, 0.3) is 0 Å². The highest BCUT2D eigenvalue weighted by Gasteiger charge is 2.14. The van der Waals surface area contributed by atoms with Gasteiger partial charge in [-0.3, -0.25) is 9.59 Å². The van der Waals surface area contributed by atoms with Crippen molar-refractivity contribution in [2.24, 2.45) is 0 Å². The molecule has 7 nitrogen and oxygen atoms in total. The molecule has 0 saturated carbocycles. The van der Waals surface area contributed by atoms with Crippen molar-refractivity contribution in [1.82, 2.24) is 15.1 Å². The van der Waals surface area contributed by atoms with Crippen LogP contribution in [0.15, 0.2) is 11.9 Å². The SMILES string of the molecule is C/C=C(/NCCCN(CCCCCCCC(=O)OCCCCCCCCC)CCCCCCCC(=O)OC(CCCCCCCC)CCCCCCCC)N(C)C. The summed E-state index contributed by atoms with van der Waals surface area (Å²) >= 11 is 0. The van der Waals surface area contributed by atoms with Gasteiger partial charge in [0.15, 0.2) is 0 Å². The van der Waals surface area contributed by atoms with Gasteiger partial charge >= 0.3 is 11.9 Å². The lowest BCUT2D eigenvalue weighted by Crippen LogP contribution is -2.31. The van der Waals surface area contributed by atoms with E-state index in [9.17, 15) is 9.59 Å². The van der Waals surface area contributed by atoms with Gasteiger partial charge in [0, 0.05) is 33.5 Å². The molecule has 0 aromatic carbocycles. The van der Waals surface area contributed by atoms with Crippen LogP contribution in [0.2, 0.25) is 0 Å². The summed E-state index contributed by atoms with van der Waals surface area (Å²) in [5.41, 5.74) is 0. The minimum atomic E-state index is -0.0118. The molecule has 57 heavy (non-hydrogen) atoms. The summed E-state index contributed by atoms with van der Waals surface area (Å²) in [6.45, 7) is 13.9. The first-order valence-corrected chi connectivity index (χ1v) is 25.0. The second kappa shape index (κ2) is 43.8. The van der Waals surface area contributed by atoms with Crippen LogP contribution < -0.4 is 5.32 Å². The van der Waals surface area contributed by atoms with Crippen LogP contribution in [-0.4, -0.2) is 74.7 Å². The van der Waals surface area contributed by atoms with E-state index >= 15 is 0 Å². The van der Waals surface area contributed by atoms with Crippen LogP contribution in [0.3, 0.4) is 0 Å². The standard InChI is InChI=1S/C50H99N3O4/c1-7-11-14-17-20-29-36-46-56-49(54)40-32-25-21-27-34-43-53(45-37-42-51-48(10-4)52(5)6)44-35-28-22-26-33-41-50(55)57-47(38-30-23-18-15-12-8-2)39-31-24-19-16-13-9-3/h10,47,51H,7-9,11-46H2,1-6H3/b48-10-. The monoisotopic (exact) mass is 806 g/mol. The number of nitrogens with one attached hydrogen (secondary N) is 1. The first-order valence-electron chi connectivity index (χ1n) is 25.0. The summed E-state index contributed by atoms with van der Waals surface area (Å²) < 4.78 is 11.6. The molecule has 0 radical (unpaired) electrons. The average Bonchev–Trinajstić information content (AvgIpc) is 3.20. The zero-order valence-corrected chi connectivity index (χ0v) is 39.3. The molecule has 0 atom stereocenters. The number of esters is 2. The highest BCUT2D eigenvalue weighted by molar-refractivity contribution is 5.69. The number of unbranched alkanes of at least 4 members (excludes halogenated alkanes) is 24. The summed E-state index contributed by atoms with van der Waals surface area (Å²) in [7, 11) is 4.17. The Morgan fingerprint density at radius 2 is 0.912 bits per heavy atom. The van der Waals surface area contributed by atoms with Crippen LogP contribution in [0, 0.1) is 0 Å². The molecule has 0 fully saturated rings. The summed E-state index contributed by atoms with van der Waals surface area (Å²) in [5, 5.41) is 3.59. The lowest BCUT2D eigenvalue weighted by molar-refractivity contribution is -0.150. The maximum atomic E-state index is 12.8. The maximum absolute atomic E-state index is 12.8. The molecule has 338 valence electrons. The van der Waals surface area contributed by atoms with Crippen molar-refractivity contribution < 1.29 is 19.1 Å². The topological polar surface area (TPSA) is 71.1 Å². The molecule has 0 aliphatic heterocycles. The Morgan fingerprint density at radius 3 is 1.39 bits per heavy atom. The number of hydrogen-bond donors (Lipinski definition) is 1. The number of ether oxygens (including phenoxy) is 2. The van der Waals surface area contributed by atoms with Crippen LogP contribution in [-0.2, 0) is 19.1 Å². The normalized spacial score (nSPS) is 11.8. The molecule has 0 aliphatic rings. The van der Waals surface area contributed by atoms with Gasteiger partial charge in [-0.2, -0.15) is 0 Å². The van der Waals surface area contributed by atoms with Crippen molar-refractivity contribution in [3.05, 3.63) is 11.9 Å². The number of allylic oxidation sites excluding steroid dienone is 1. The molecule has 0 aliphatic carbocycles. The van der Waals surface area contributed by atoms with Crippen molar-refractivity contribution in [3.63, 3.8) is 0 Å². The largest absolute Gasteiger partial charge is 0.466 e. The molecule has 0 bridgehead atoms. The molecule has 7 heteroatoms. The van der Waals surface area contributed by atoms with E-state index in [2.05, 4.69) is 63.0 Å². The van der Waals surface area contributed by atoms with Crippen molar-refractivity contribution in [1.29, 1.82) is 0 Å². The van der Waals surface area contributed by atoms with Crippen molar-refractivity contribution in [3.8, 4) is 0 Å². The minimum Gasteiger partial charge on any atom is -0.466 e. The molecule has 1 N–H and O–H groups in total. The predicted octanol–water partition coefficient (Wildman–Crippen LogP) is 14.1. The molecule has 0 spiro atoms. The van der Waals surface area contributed by atoms with E-state index < -0.39 is 0 Å². The lowest BCUT2D eigenvalue weighted by Gasteiger charge is -2.24. The zero-order chi connectivity index (χ0) is 41.9. The van der Waals surface area contributed by atoms with E-state index in [4.69, 9.17) is 9.47 Å². The fourth-order valence-electron chi connectivity index (χ4n) is 7.77. The van der Waals surface area contributed by atoms with Crippen LogP contribution in [0.4, 0.5) is 0 Å². The Balaban J connectivity index is 4.42. The van der Waals surface area contributed by atoms with E-state index in [0.717, 1.165) is 77.5 Å². The van der Waals surface area contributed by atoms with Gasteiger partial charge in [-0.05, 0) is 96.8 Å². The molecule has 0 aromatic rings. The Bertz CT molecular complexity index is 879. The molecule has 0 amide bonds. The van der Waals surface area contributed by atoms with Gasteiger partial charge < -0.3 is 24.6 Å². The Morgan fingerprint density at radius 1 is 0.509 bits per heavy atom. The first kappa shape index (κ1) is 55.2. The quantitative estimate of drug-likeness (QED) is 0.0485. The number of rotatable bonds is 45. The third-order valence-corrected chi connectivity index (χ3v) is 11.5. The van der Waals surface area contributed by atoms with E-state index in [1.165, 1.54) is 160 Å². The van der Waals surface area contributed by atoms with Gasteiger partial charge in [0.25, 0.3) is 0 Å². The van der Waals surface area contributed by atoms with Gasteiger partial charge in [-0.15, -0.1) is 0 Å². The Hall–Kier alpha value is -1.76. The summed E-state index contributed by atoms with van der Waals surface area (Å²) in [6.07, 6.45) is 42.2. The lowest BCUT2D eigenvalue weighted by atomic mass is 10.0. The van der Waals surface area contributed by atoms with Gasteiger partial charge in [0.2, 0.25) is 0 Å². The third-order valence-electron chi connectivity index (χ3n) is 11.5.